The number of carbonyl (C=O) groups excluding carboxylic acids is 3. The number of benzene rings is 2. The fraction of sp³-hybridized carbons (Fsp3) is 0.320. The van der Waals surface area contributed by atoms with Crippen LogP contribution < -0.4 is 10.1 Å². The van der Waals surface area contributed by atoms with Gasteiger partial charge in [0.15, 0.2) is 0 Å². The molecule has 1 heterocycles. The van der Waals surface area contributed by atoms with E-state index in [9.17, 15) is 18.8 Å². The predicted octanol–water partition coefficient (Wildman–Crippen LogP) is 3.42. The zero-order valence-corrected chi connectivity index (χ0v) is 19.7. The second kappa shape index (κ2) is 10.9. The summed E-state index contributed by atoms with van der Waals surface area (Å²) < 4.78 is 25.3. The van der Waals surface area contributed by atoms with Crippen LogP contribution in [0.25, 0.3) is 10.9 Å². The maximum absolute atomic E-state index is 13.3. The number of rotatable bonds is 7. The fourth-order valence-electron chi connectivity index (χ4n) is 3.79. The fourth-order valence-corrected chi connectivity index (χ4v) is 3.79. The first-order valence-electron chi connectivity index (χ1n) is 10.9. The highest BCUT2D eigenvalue weighted by Gasteiger charge is 2.24. The van der Waals surface area contributed by atoms with Crippen LogP contribution in [0.5, 0.6) is 5.75 Å². The van der Waals surface area contributed by atoms with Crippen LogP contribution in [0.1, 0.15) is 23.7 Å². The van der Waals surface area contributed by atoms with E-state index in [1.165, 1.54) is 12.1 Å². The molecule has 9 heteroatoms. The smallest absolute Gasteiger partial charge is 0.417 e. The van der Waals surface area contributed by atoms with Crippen molar-refractivity contribution in [3.8, 4) is 5.75 Å². The number of fused-ring (bicyclic) bond motifs is 1. The van der Waals surface area contributed by atoms with Crippen LogP contribution >= 0.6 is 0 Å². The minimum Gasteiger partial charge on any atom is -0.417 e. The summed E-state index contributed by atoms with van der Waals surface area (Å²) in [5, 5.41) is 3.07. The number of amides is 1. The highest BCUT2D eigenvalue weighted by atomic mass is 19.1. The van der Waals surface area contributed by atoms with Crippen molar-refractivity contribution in [2.75, 3.05) is 27.2 Å². The lowest BCUT2D eigenvalue weighted by Crippen LogP contribution is -2.35. The molecule has 1 amide bonds. The summed E-state index contributed by atoms with van der Waals surface area (Å²) in [7, 11) is 3.66. The van der Waals surface area contributed by atoms with Crippen LogP contribution in [0.2, 0.25) is 0 Å². The van der Waals surface area contributed by atoms with Gasteiger partial charge in [0.25, 0.3) is 0 Å². The van der Waals surface area contributed by atoms with Crippen LogP contribution in [0, 0.1) is 12.7 Å². The van der Waals surface area contributed by atoms with E-state index in [0.29, 0.717) is 24.9 Å². The molecule has 3 aromatic rings. The lowest BCUT2D eigenvalue weighted by atomic mass is 10.1. The number of nitrogens with zero attached hydrogens (tertiary/aromatic N) is 2. The second-order valence-electron chi connectivity index (χ2n) is 8.08. The van der Waals surface area contributed by atoms with Gasteiger partial charge in [-0.25, -0.2) is 18.8 Å². The minimum absolute atomic E-state index is 0.192. The number of halogens is 1. The third kappa shape index (κ3) is 5.79. The molecule has 0 atom stereocenters. The Morgan fingerprint density at radius 3 is 2.41 bits per heavy atom. The lowest BCUT2D eigenvalue weighted by Gasteiger charge is -2.11. The van der Waals surface area contributed by atoms with Crippen molar-refractivity contribution in [2.24, 2.45) is 0 Å². The van der Waals surface area contributed by atoms with Crippen molar-refractivity contribution < 1.29 is 28.2 Å². The van der Waals surface area contributed by atoms with E-state index in [2.05, 4.69) is 14.6 Å². The molecule has 0 aliphatic carbocycles. The molecule has 0 unspecified atom stereocenters. The summed E-state index contributed by atoms with van der Waals surface area (Å²) in [6, 6.07) is 11.4. The number of alkyl carbamates (subject to hydrolysis) is 1. The van der Waals surface area contributed by atoms with Gasteiger partial charge in [-0.1, -0.05) is 25.1 Å². The molecule has 0 fully saturated rings. The molecular formula is C25H28FN3O5. The van der Waals surface area contributed by atoms with Crippen molar-refractivity contribution in [1.82, 2.24) is 14.8 Å². The zero-order chi connectivity index (χ0) is 24.8. The molecular weight excluding hydrogens is 441 g/mol. The number of hydrogen-bond donors (Lipinski definition) is 1. The summed E-state index contributed by atoms with van der Waals surface area (Å²) in [6.07, 6.45) is -0.304. The van der Waals surface area contributed by atoms with Gasteiger partial charge < -0.3 is 24.3 Å². The number of aromatic nitrogens is 1. The molecule has 0 spiro atoms. The monoisotopic (exact) mass is 469 g/mol. The van der Waals surface area contributed by atoms with Gasteiger partial charge in [-0.15, -0.1) is 0 Å². The molecule has 1 N–H and O–H groups in total. The summed E-state index contributed by atoms with van der Waals surface area (Å²) >= 11 is 0. The van der Waals surface area contributed by atoms with Gasteiger partial charge in [-0.05, 0) is 62.8 Å². The third-order valence-electron chi connectivity index (χ3n) is 5.40. The maximum atomic E-state index is 13.3. The van der Waals surface area contributed by atoms with Crippen LogP contribution in [-0.4, -0.2) is 54.7 Å². The predicted molar refractivity (Wildman–Crippen MR) is 125 cm³/mol. The first kappa shape index (κ1) is 24.9. The molecule has 0 saturated heterocycles. The molecule has 0 radical (unpaired) electrons. The number of ether oxygens (including phenoxy) is 2. The van der Waals surface area contributed by atoms with Crippen molar-refractivity contribution in [3.05, 3.63) is 65.1 Å². The van der Waals surface area contributed by atoms with Gasteiger partial charge in [0, 0.05) is 30.7 Å². The number of esters is 2. The van der Waals surface area contributed by atoms with Gasteiger partial charge in [-0.2, -0.15) is 0 Å². The summed E-state index contributed by atoms with van der Waals surface area (Å²) in [6.45, 7) is 5.23. The van der Waals surface area contributed by atoms with Gasteiger partial charge in [-0.3, -0.25) is 0 Å². The normalized spacial score (nSPS) is 11.0. The lowest BCUT2D eigenvalue weighted by molar-refractivity contribution is -0.158. The van der Waals surface area contributed by atoms with E-state index < -0.39 is 18.0 Å². The molecule has 1 aromatic heterocycles. The van der Waals surface area contributed by atoms with E-state index in [1.54, 1.807) is 24.3 Å². The van der Waals surface area contributed by atoms with Crippen molar-refractivity contribution in [1.29, 1.82) is 0 Å². The Morgan fingerprint density at radius 1 is 1.06 bits per heavy atom. The first-order chi connectivity index (χ1) is 16.2. The molecule has 8 nitrogen and oxygen atoms in total. The molecule has 0 aliphatic rings. The SMILES string of the molecule is CCc1c(C)c2c(OC(=O)C(=O)OC(=O)NCCN(C)C)cccc2n1Cc1ccc(F)cc1. The van der Waals surface area contributed by atoms with Gasteiger partial charge in [0.05, 0.1) is 5.52 Å². The van der Waals surface area contributed by atoms with E-state index in [1.807, 2.05) is 38.9 Å². The van der Waals surface area contributed by atoms with E-state index in [-0.39, 0.29) is 18.1 Å². The molecule has 180 valence electrons. The average molecular weight is 470 g/mol. The number of nitrogens with one attached hydrogen (secondary N) is 1. The van der Waals surface area contributed by atoms with E-state index in [0.717, 1.165) is 22.3 Å². The molecule has 0 bridgehead atoms. The summed E-state index contributed by atoms with van der Waals surface area (Å²) in [5.74, 6) is -2.81. The Hall–Kier alpha value is -3.72. The highest BCUT2D eigenvalue weighted by Crippen LogP contribution is 2.34. The van der Waals surface area contributed by atoms with Crippen LogP contribution in [0.3, 0.4) is 0 Å². The largest absolute Gasteiger partial charge is 0.426 e. The first-order valence-corrected chi connectivity index (χ1v) is 10.9. The third-order valence-corrected chi connectivity index (χ3v) is 5.40. The van der Waals surface area contributed by atoms with Crippen molar-refractivity contribution in [3.63, 3.8) is 0 Å². The van der Waals surface area contributed by atoms with Crippen molar-refractivity contribution in [2.45, 2.75) is 26.8 Å². The van der Waals surface area contributed by atoms with Gasteiger partial charge in [0.2, 0.25) is 0 Å². The summed E-state index contributed by atoms with van der Waals surface area (Å²) in [4.78, 5) is 38.0. The van der Waals surface area contributed by atoms with Crippen LogP contribution in [-0.2, 0) is 27.3 Å². The quantitative estimate of drug-likeness (QED) is 0.247. The van der Waals surface area contributed by atoms with Crippen LogP contribution in [0.4, 0.5) is 9.18 Å². The minimum atomic E-state index is -1.40. The Balaban J connectivity index is 1.81. The Bertz CT molecular complexity index is 1200. The highest BCUT2D eigenvalue weighted by molar-refractivity contribution is 6.32. The number of hydrogen-bond acceptors (Lipinski definition) is 6. The number of carbonyl (C=O) groups is 3. The number of aryl methyl sites for hydroxylation is 1. The van der Waals surface area contributed by atoms with Crippen molar-refractivity contribution >= 4 is 28.9 Å². The molecule has 0 aliphatic heterocycles. The zero-order valence-electron chi connectivity index (χ0n) is 19.7. The molecule has 2 aromatic carbocycles. The Labute approximate surface area is 197 Å². The van der Waals surface area contributed by atoms with Crippen LogP contribution in [0.15, 0.2) is 42.5 Å². The van der Waals surface area contributed by atoms with E-state index in [4.69, 9.17) is 4.74 Å². The molecule has 34 heavy (non-hydrogen) atoms. The molecule has 0 saturated carbocycles. The van der Waals surface area contributed by atoms with Gasteiger partial charge >= 0.3 is 18.0 Å². The summed E-state index contributed by atoms with van der Waals surface area (Å²) in [5.41, 5.74) is 3.64. The second-order valence-corrected chi connectivity index (χ2v) is 8.08. The topological polar surface area (TPSA) is 89.9 Å². The van der Waals surface area contributed by atoms with Gasteiger partial charge in [0.1, 0.15) is 11.6 Å². The Morgan fingerprint density at radius 2 is 1.76 bits per heavy atom. The van der Waals surface area contributed by atoms with E-state index >= 15 is 0 Å². The average Bonchev–Trinajstić information content (AvgIpc) is 3.06. The Kier molecular flexibility index (Phi) is 8.01. The number of likely N-dealkylation sites (N-methyl/N-ethyl adjacent to an activating group) is 1. The standard InChI is InChI=1S/C25H28FN3O5/c1-5-19-16(2)22-20(29(19)15-17-9-11-18(26)12-10-17)7-6-8-21(22)33-23(30)24(31)34-25(32)27-13-14-28(3)4/h6-12H,5,13-15H2,1-4H3,(H,27,32). The maximum Gasteiger partial charge on any atom is 0.426 e. The molecule has 3 rings (SSSR count).